The van der Waals surface area contributed by atoms with Gasteiger partial charge in [0, 0.05) is 12.6 Å². The van der Waals surface area contributed by atoms with Crippen LogP contribution in [0.3, 0.4) is 0 Å². The summed E-state index contributed by atoms with van der Waals surface area (Å²) in [6, 6.07) is 1.74. The van der Waals surface area contributed by atoms with E-state index in [1.807, 2.05) is 13.8 Å². The highest BCUT2D eigenvalue weighted by Gasteiger charge is 2.04. The van der Waals surface area contributed by atoms with E-state index < -0.39 is 0 Å². The summed E-state index contributed by atoms with van der Waals surface area (Å²) < 4.78 is 5.40. The van der Waals surface area contributed by atoms with E-state index in [4.69, 9.17) is 4.74 Å². The van der Waals surface area contributed by atoms with Crippen molar-refractivity contribution in [3.05, 3.63) is 12.4 Å². The normalized spacial score (nSPS) is 12.2. The fourth-order valence-corrected chi connectivity index (χ4v) is 1.38. The number of hydrogen-bond donors (Lipinski definition) is 2. The van der Waals surface area contributed by atoms with Gasteiger partial charge in [-0.25, -0.2) is 9.97 Å². The van der Waals surface area contributed by atoms with Gasteiger partial charge in [0.25, 0.3) is 0 Å². The molecule has 0 saturated carbocycles. The van der Waals surface area contributed by atoms with Crippen molar-refractivity contribution in [3.8, 4) is 5.88 Å². The highest BCUT2D eigenvalue weighted by molar-refractivity contribution is 5.37. The second kappa shape index (κ2) is 7.84. The van der Waals surface area contributed by atoms with Crippen LogP contribution in [0.2, 0.25) is 0 Å². The van der Waals surface area contributed by atoms with Gasteiger partial charge >= 0.3 is 0 Å². The van der Waals surface area contributed by atoms with Crippen LogP contribution in [0.4, 0.5) is 5.82 Å². The van der Waals surface area contributed by atoms with E-state index in [0.29, 0.717) is 24.8 Å². The minimum absolute atomic E-state index is 0.338. The molecule has 5 heteroatoms. The van der Waals surface area contributed by atoms with Crippen LogP contribution >= 0.6 is 0 Å². The summed E-state index contributed by atoms with van der Waals surface area (Å²) in [5.74, 6) is 1.25. The highest BCUT2D eigenvalue weighted by Crippen LogP contribution is 2.11. The number of nitrogens with one attached hydrogen (secondary N) is 1. The van der Waals surface area contributed by atoms with Crippen LogP contribution in [0.1, 0.15) is 33.1 Å². The Bertz CT molecular complexity index is 320. The van der Waals surface area contributed by atoms with Crippen molar-refractivity contribution >= 4 is 5.82 Å². The molecule has 2 N–H and O–H groups in total. The largest absolute Gasteiger partial charge is 0.478 e. The lowest BCUT2D eigenvalue weighted by molar-refractivity contribution is 0.176. The second-order valence-corrected chi connectivity index (χ2v) is 3.91. The molecule has 0 aromatic carbocycles. The van der Waals surface area contributed by atoms with Crippen LogP contribution in [0.5, 0.6) is 5.88 Å². The van der Waals surface area contributed by atoms with E-state index in [2.05, 4.69) is 15.3 Å². The quantitative estimate of drug-likeness (QED) is 0.724. The Morgan fingerprint density at radius 3 is 2.88 bits per heavy atom. The highest BCUT2D eigenvalue weighted by atomic mass is 16.5. The van der Waals surface area contributed by atoms with Crippen molar-refractivity contribution in [1.29, 1.82) is 0 Å². The van der Waals surface area contributed by atoms with Gasteiger partial charge in [-0.2, -0.15) is 0 Å². The first-order valence-electron chi connectivity index (χ1n) is 6.13. The lowest BCUT2D eigenvalue weighted by Gasteiger charge is -2.11. The predicted octanol–water partition coefficient (Wildman–Crippen LogP) is 1.84. The smallest absolute Gasteiger partial charge is 0.218 e. The molecule has 5 nitrogen and oxygen atoms in total. The Morgan fingerprint density at radius 1 is 1.35 bits per heavy atom. The molecule has 0 fully saturated rings. The number of rotatable bonds is 8. The lowest BCUT2D eigenvalue weighted by atomic mass is 10.2. The zero-order valence-electron chi connectivity index (χ0n) is 10.5. The van der Waals surface area contributed by atoms with Crippen molar-refractivity contribution < 1.29 is 9.84 Å². The van der Waals surface area contributed by atoms with Crippen LogP contribution in [0.15, 0.2) is 12.4 Å². The zero-order chi connectivity index (χ0) is 12.5. The molecule has 0 aliphatic heterocycles. The Hall–Kier alpha value is -1.36. The molecule has 0 saturated heterocycles. The number of hydrogen-bond acceptors (Lipinski definition) is 5. The van der Waals surface area contributed by atoms with Gasteiger partial charge in [0.1, 0.15) is 12.1 Å². The lowest BCUT2D eigenvalue weighted by Crippen LogP contribution is -2.19. The molecule has 1 unspecified atom stereocenters. The molecule has 0 amide bonds. The Kier molecular flexibility index (Phi) is 6.32. The van der Waals surface area contributed by atoms with Crippen molar-refractivity contribution in [3.63, 3.8) is 0 Å². The van der Waals surface area contributed by atoms with Crippen molar-refractivity contribution in [2.45, 2.75) is 39.2 Å². The first kappa shape index (κ1) is 13.7. The standard InChI is InChI=1S/C12H21N3O2/c1-3-5-10(16)8-13-11-7-12(15-9-14-11)17-6-4-2/h7,9-10,16H,3-6,8H2,1-2H3,(H,13,14,15). The number of aliphatic hydroxyl groups is 1. The molecule has 0 bridgehead atoms. The summed E-state index contributed by atoms with van der Waals surface area (Å²) >= 11 is 0. The first-order valence-corrected chi connectivity index (χ1v) is 6.13. The van der Waals surface area contributed by atoms with E-state index >= 15 is 0 Å². The Morgan fingerprint density at radius 2 is 2.18 bits per heavy atom. The molecule has 1 aromatic heterocycles. The minimum atomic E-state index is -0.338. The Balaban J connectivity index is 2.42. The van der Waals surface area contributed by atoms with Gasteiger partial charge in [-0.05, 0) is 12.8 Å². The molecule has 1 heterocycles. The number of aliphatic hydroxyl groups excluding tert-OH is 1. The van der Waals surface area contributed by atoms with Crippen molar-refractivity contribution in [2.24, 2.45) is 0 Å². The summed E-state index contributed by atoms with van der Waals surface area (Å²) in [5.41, 5.74) is 0. The van der Waals surface area contributed by atoms with Crippen LogP contribution < -0.4 is 10.1 Å². The molecule has 1 aromatic rings. The summed E-state index contributed by atoms with van der Waals surface area (Å²) in [6.45, 7) is 5.24. The summed E-state index contributed by atoms with van der Waals surface area (Å²) in [4.78, 5) is 8.07. The maximum atomic E-state index is 9.58. The molecule has 17 heavy (non-hydrogen) atoms. The van der Waals surface area contributed by atoms with Gasteiger partial charge in [-0.3, -0.25) is 0 Å². The van der Waals surface area contributed by atoms with Crippen LogP contribution in [-0.4, -0.2) is 34.3 Å². The molecule has 0 spiro atoms. The topological polar surface area (TPSA) is 67.3 Å². The van der Waals surface area contributed by atoms with Gasteiger partial charge in [0.15, 0.2) is 0 Å². The number of ether oxygens (including phenoxy) is 1. The van der Waals surface area contributed by atoms with E-state index in [-0.39, 0.29) is 6.10 Å². The summed E-state index contributed by atoms with van der Waals surface area (Å²) in [6.07, 6.45) is 3.82. The van der Waals surface area contributed by atoms with E-state index in [9.17, 15) is 5.11 Å². The van der Waals surface area contributed by atoms with E-state index in [1.165, 1.54) is 6.33 Å². The summed E-state index contributed by atoms with van der Waals surface area (Å²) in [7, 11) is 0. The number of nitrogens with zero attached hydrogens (tertiary/aromatic N) is 2. The fraction of sp³-hybridized carbons (Fsp3) is 0.667. The zero-order valence-corrected chi connectivity index (χ0v) is 10.5. The van der Waals surface area contributed by atoms with Gasteiger partial charge in [-0.15, -0.1) is 0 Å². The maximum Gasteiger partial charge on any atom is 0.218 e. The first-order chi connectivity index (χ1) is 8.26. The predicted molar refractivity (Wildman–Crippen MR) is 67.2 cm³/mol. The maximum absolute atomic E-state index is 9.58. The van der Waals surface area contributed by atoms with Gasteiger partial charge in [-0.1, -0.05) is 20.3 Å². The molecule has 96 valence electrons. The molecule has 0 radical (unpaired) electrons. The minimum Gasteiger partial charge on any atom is -0.478 e. The van der Waals surface area contributed by atoms with Gasteiger partial charge < -0.3 is 15.2 Å². The molecule has 0 aliphatic carbocycles. The Labute approximate surface area is 102 Å². The molecule has 1 rings (SSSR count). The monoisotopic (exact) mass is 239 g/mol. The molecular weight excluding hydrogens is 218 g/mol. The van der Waals surface area contributed by atoms with Gasteiger partial charge in [0.05, 0.1) is 12.7 Å². The third kappa shape index (κ3) is 5.49. The molecule has 0 aliphatic rings. The fourth-order valence-electron chi connectivity index (χ4n) is 1.38. The number of aromatic nitrogens is 2. The SMILES string of the molecule is CCCOc1cc(NCC(O)CCC)ncn1. The van der Waals surface area contributed by atoms with Crippen molar-refractivity contribution in [2.75, 3.05) is 18.5 Å². The van der Waals surface area contributed by atoms with E-state index in [0.717, 1.165) is 19.3 Å². The van der Waals surface area contributed by atoms with Crippen LogP contribution in [-0.2, 0) is 0 Å². The van der Waals surface area contributed by atoms with E-state index in [1.54, 1.807) is 6.07 Å². The third-order valence-corrected chi connectivity index (χ3v) is 2.24. The number of anilines is 1. The molecular formula is C12H21N3O2. The van der Waals surface area contributed by atoms with Crippen molar-refractivity contribution in [1.82, 2.24) is 9.97 Å². The second-order valence-electron chi connectivity index (χ2n) is 3.91. The van der Waals surface area contributed by atoms with Crippen LogP contribution in [0.25, 0.3) is 0 Å². The summed E-state index contributed by atoms with van der Waals surface area (Å²) in [5, 5.41) is 12.6. The third-order valence-electron chi connectivity index (χ3n) is 2.24. The average molecular weight is 239 g/mol. The van der Waals surface area contributed by atoms with Crippen LogP contribution in [0, 0.1) is 0 Å². The van der Waals surface area contributed by atoms with Gasteiger partial charge in [0.2, 0.25) is 5.88 Å². The average Bonchev–Trinajstić information content (AvgIpc) is 2.35. The molecule has 1 atom stereocenters.